The third kappa shape index (κ3) is 4.82. The molecule has 6 nitrogen and oxygen atoms in total. The standard InChI is InChI=1S/C19H22Cl2N2O4/c1-12-14(19(25)26)3-5-17(27-12)18(24)23-8-6-22(7-9-23)11-13-2-4-15(20)16(21)10-13/h2-4,10,12,17H,5-9,11H2,1H3,(H,25,26). The highest BCUT2D eigenvalue weighted by Crippen LogP contribution is 2.24. The minimum absolute atomic E-state index is 0.0725. The Morgan fingerprint density at radius 1 is 1.19 bits per heavy atom. The summed E-state index contributed by atoms with van der Waals surface area (Å²) >= 11 is 12.0. The predicted molar refractivity (Wildman–Crippen MR) is 103 cm³/mol. The van der Waals surface area contributed by atoms with Crippen LogP contribution in [0.4, 0.5) is 0 Å². The minimum atomic E-state index is -0.996. The van der Waals surface area contributed by atoms with Crippen molar-refractivity contribution in [3.05, 3.63) is 45.5 Å². The Labute approximate surface area is 168 Å². The van der Waals surface area contributed by atoms with E-state index in [1.165, 1.54) is 0 Å². The van der Waals surface area contributed by atoms with Gasteiger partial charge in [-0.05, 0) is 24.6 Å². The number of nitrogens with zero attached hydrogens (tertiary/aromatic N) is 2. The zero-order valence-electron chi connectivity index (χ0n) is 15.0. The van der Waals surface area contributed by atoms with Crippen molar-refractivity contribution in [1.29, 1.82) is 0 Å². The maximum absolute atomic E-state index is 12.7. The molecule has 1 saturated heterocycles. The van der Waals surface area contributed by atoms with E-state index in [0.29, 0.717) is 29.6 Å². The Bertz CT molecular complexity index is 760. The fraction of sp³-hybridized carbons (Fsp3) is 0.474. The molecule has 0 saturated carbocycles. The van der Waals surface area contributed by atoms with Gasteiger partial charge in [0.25, 0.3) is 5.91 Å². The van der Waals surface area contributed by atoms with Crippen LogP contribution in [-0.2, 0) is 20.9 Å². The van der Waals surface area contributed by atoms with E-state index in [-0.39, 0.29) is 11.5 Å². The fourth-order valence-corrected chi connectivity index (χ4v) is 3.74. The van der Waals surface area contributed by atoms with Crippen molar-refractivity contribution < 1.29 is 19.4 Å². The van der Waals surface area contributed by atoms with Gasteiger partial charge in [0.05, 0.1) is 21.7 Å². The molecule has 1 N–H and O–H groups in total. The van der Waals surface area contributed by atoms with Crippen LogP contribution in [0.2, 0.25) is 10.0 Å². The topological polar surface area (TPSA) is 70.1 Å². The number of piperazine rings is 1. The normalized spacial score (nSPS) is 23.8. The number of carbonyl (C=O) groups is 2. The minimum Gasteiger partial charge on any atom is -0.478 e. The van der Waals surface area contributed by atoms with Gasteiger partial charge in [0.15, 0.2) is 0 Å². The summed E-state index contributed by atoms with van der Waals surface area (Å²) in [7, 11) is 0. The van der Waals surface area contributed by atoms with Gasteiger partial charge in [0, 0.05) is 39.1 Å². The van der Waals surface area contributed by atoms with E-state index in [0.717, 1.165) is 25.2 Å². The summed E-state index contributed by atoms with van der Waals surface area (Å²) in [5.41, 5.74) is 1.30. The number of rotatable bonds is 4. The smallest absolute Gasteiger partial charge is 0.333 e. The molecule has 0 bridgehead atoms. The van der Waals surface area contributed by atoms with Crippen LogP contribution in [0, 0.1) is 0 Å². The van der Waals surface area contributed by atoms with Crippen LogP contribution in [0.25, 0.3) is 0 Å². The highest BCUT2D eigenvalue weighted by molar-refractivity contribution is 6.42. The number of carboxylic acid groups (broad SMARTS) is 1. The predicted octanol–water partition coefficient (Wildman–Crippen LogP) is 2.83. The van der Waals surface area contributed by atoms with Gasteiger partial charge in [-0.15, -0.1) is 0 Å². The lowest BCUT2D eigenvalue weighted by atomic mass is 10.0. The third-order valence-corrected chi connectivity index (χ3v) is 5.69. The van der Waals surface area contributed by atoms with Crippen LogP contribution < -0.4 is 0 Å². The number of ether oxygens (including phenoxy) is 1. The van der Waals surface area contributed by atoms with Gasteiger partial charge in [0.2, 0.25) is 0 Å². The fourth-order valence-electron chi connectivity index (χ4n) is 3.42. The highest BCUT2D eigenvalue weighted by Gasteiger charge is 2.33. The number of carbonyl (C=O) groups excluding carboxylic acids is 1. The van der Waals surface area contributed by atoms with E-state index in [1.807, 2.05) is 12.1 Å². The lowest BCUT2D eigenvalue weighted by Crippen LogP contribution is -2.52. The number of hydrogen-bond donors (Lipinski definition) is 1. The Morgan fingerprint density at radius 3 is 2.48 bits per heavy atom. The molecule has 1 aromatic rings. The quantitative estimate of drug-likeness (QED) is 0.822. The first-order chi connectivity index (χ1) is 12.8. The molecule has 0 aromatic heterocycles. The molecule has 0 radical (unpaired) electrons. The van der Waals surface area contributed by atoms with Gasteiger partial charge in [-0.3, -0.25) is 9.69 Å². The molecule has 0 spiro atoms. The molecule has 2 atom stereocenters. The monoisotopic (exact) mass is 412 g/mol. The highest BCUT2D eigenvalue weighted by atomic mass is 35.5. The second kappa shape index (κ2) is 8.61. The zero-order chi connectivity index (χ0) is 19.6. The maximum atomic E-state index is 12.7. The van der Waals surface area contributed by atoms with Crippen molar-refractivity contribution in [3.63, 3.8) is 0 Å². The van der Waals surface area contributed by atoms with Gasteiger partial charge in [-0.25, -0.2) is 4.79 Å². The number of benzene rings is 1. The molecule has 27 heavy (non-hydrogen) atoms. The molecule has 3 rings (SSSR count). The summed E-state index contributed by atoms with van der Waals surface area (Å²) in [5, 5.41) is 10.2. The second-order valence-corrected chi connectivity index (χ2v) is 7.63. The van der Waals surface area contributed by atoms with Crippen LogP contribution in [0.15, 0.2) is 29.8 Å². The molecule has 146 valence electrons. The average molecular weight is 413 g/mol. The summed E-state index contributed by atoms with van der Waals surface area (Å²) in [6.45, 7) is 5.15. The summed E-state index contributed by atoms with van der Waals surface area (Å²) in [6, 6.07) is 5.61. The van der Waals surface area contributed by atoms with Gasteiger partial charge in [-0.2, -0.15) is 0 Å². The first kappa shape index (κ1) is 20.1. The summed E-state index contributed by atoms with van der Waals surface area (Å²) < 4.78 is 5.64. The molecular weight excluding hydrogens is 391 g/mol. The van der Waals surface area contributed by atoms with Crippen LogP contribution in [0.3, 0.4) is 0 Å². The molecular formula is C19H22Cl2N2O4. The van der Waals surface area contributed by atoms with Crippen molar-refractivity contribution in [2.24, 2.45) is 0 Å². The molecule has 2 aliphatic rings. The van der Waals surface area contributed by atoms with E-state index in [9.17, 15) is 9.59 Å². The Balaban J connectivity index is 1.52. The average Bonchev–Trinajstić information content (AvgIpc) is 2.64. The second-order valence-electron chi connectivity index (χ2n) is 6.82. The molecule has 8 heteroatoms. The molecule has 1 amide bonds. The van der Waals surface area contributed by atoms with E-state index >= 15 is 0 Å². The zero-order valence-corrected chi connectivity index (χ0v) is 16.5. The van der Waals surface area contributed by atoms with Crippen molar-refractivity contribution in [2.75, 3.05) is 26.2 Å². The summed E-state index contributed by atoms with van der Waals surface area (Å²) in [5.74, 6) is -1.07. The number of hydrogen-bond acceptors (Lipinski definition) is 4. The van der Waals surface area contributed by atoms with Gasteiger partial charge < -0.3 is 14.7 Å². The summed E-state index contributed by atoms with van der Waals surface area (Å²) in [4.78, 5) is 27.9. The Hall–Kier alpha value is -1.60. The van der Waals surface area contributed by atoms with Gasteiger partial charge in [0.1, 0.15) is 6.10 Å². The van der Waals surface area contributed by atoms with Crippen molar-refractivity contribution in [1.82, 2.24) is 9.80 Å². The Morgan fingerprint density at radius 2 is 1.89 bits per heavy atom. The lowest BCUT2D eigenvalue weighted by molar-refractivity contribution is -0.150. The third-order valence-electron chi connectivity index (χ3n) is 4.95. The number of amides is 1. The molecule has 1 fully saturated rings. The molecule has 2 unspecified atom stereocenters. The molecule has 2 heterocycles. The number of carboxylic acids is 1. The first-order valence-electron chi connectivity index (χ1n) is 8.89. The van der Waals surface area contributed by atoms with Crippen LogP contribution >= 0.6 is 23.2 Å². The van der Waals surface area contributed by atoms with E-state index < -0.39 is 18.2 Å². The maximum Gasteiger partial charge on any atom is 0.333 e. The van der Waals surface area contributed by atoms with Crippen LogP contribution in [-0.4, -0.2) is 65.2 Å². The van der Waals surface area contributed by atoms with Crippen molar-refractivity contribution in [2.45, 2.75) is 32.1 Å². The molecule has 0 aliphatic carbocycles. The number of halogens is 2. The van der Waals surface area contributed by atoms with Gasteiger partial charge in [-0.1, -0.05) is 35.3 Å². The number of aliphatic carboxylic acids is 1. The van der Waals surface area contributed by atoms with E-state index in [4.69, 9.17) is 33.0 Å². The molecule has 2 aliphatic heterocycles. The van der Waals surface area contributed by atoms with E-state index in [1.54, 1.807) is 24.0 Å². The van der Waals surface area contributed by atoms with E-state index in [2.05, 4.69) is 4.90 Å². The molecule has 1 aromatic carbocycles. The lowest BCUT2D eigenvalue weighted by Gasteiger charge is -2.37. The SMILES string of the molecule is CC1OC(C(=O)N2CCN(Cc3ccc(Cl)c(Cl)c3)CC2)CC=C1C(=O)O. The summed E-state index contributed by atoms with van der Waals surface area (Å²) in [6.07, 6.45) is 0.708. The van der Waals surface area contributed by atoms with Crippen LogP contribution in [0.5, 0.6) is 0 Å². The largest absolute Gasteiger partial charge is 0.478 e. The first-order valence-corrected chi connectivity index (χ1v) is 9.64. The van der Waals surface area contributed by atoms with Crippen LogP contribution in [0.1, 0.15) is 18.9 Å². The van der Waals surface area contributed by atoms with Crippen molar-refractivity contribution in [3.8, 4) is 0 Å². The Kier molecular flexibility index (Phi) is 6.42. The van der Waals surface area contributed by atoms with Crippen molar-refractivity contribution >= 4 is 35.1 Å². The van der Waals surface area contributed by atoms with Gasteiger partial charge >= 0.3 is 5.97 Å².